The number of benzene rings is 1. The molecule has 3 aromatic rings. The van der Waals surface area contributed by atoms with E-state index in [1.165, 1.54) is 0 Å². The van der Waals surface area contributed by atoms with E-state index in [0.717, 1.165) is 30.9 Å². The van der Waals surface area contributed by atoms with Crippen molar-refractivity contribution in [1.29, 1.82) is 0 Å². The molecule has 7 nitrogen and oxygen atoms in total. The van der Waals surface area contributed by atoms with Crippen LogP contribution in [0.15, 0.2) is 53.2 Å². The second-order valence-corrected chi connectivity index (χ2v) is 5.96. The van der Waals surface area contributed by atoms with Crippen LogP contribution < -0.4 is 10.1 Å². The van der Waals surface area contributed by atoms with Crippen LogP contribution in [-0.2, 0) is 0 Å². The van der Waals surface area contributed by atoms with Gasteiger partial charge in [0.15, 0.2) is 5.82 Å². The van der Waals surface area contributed by atoms with E-state index in [2.05, 4.69) is 32.4 Å². The van der Waals surface area contributed by atoms with Crippen molar-refractivity contribution in [3.8, 4) is 23.1 Å². The highest BCUT2D eigenvalue weighted by atomic mass is 16.5. The van der Waals surface area contributed by atoms with E-state index in [-0.39, 0.29) is 6.04 Å². The Balaban J connectivity index is 1.49. The van der Waals surface area contributed by atoms with Gasteiger partial charge in [0.1, 0.15) is 5.75 Å². The monoisotopic (exact) mass is 337 g/mol. The molecule has 3 heterocycles. The number of rotatable bonds is 4. The van der Waals surface area contributed by atoms with Crippen molar-refractivity contribution < 1.29 is 9.26 Å². The molecule has 1 aliphatic rings. The number of hydrogen-bond donors (Lipinski definition) is 1. The molecule has 128 valence electrons. The fourth-order valence-electron chi connectivity index (χ4n) is 2.76. The van der Waals surface area contributed by atoms with Gasteiger partial charge in [-0.15, -0.1) is 0 Å². The van der Waals surface area contributed by atoms with Crippen molar-refractivity contribution >= 4 is 0 Å². The van der Waals surface area contributed by atoms with Crippen LogP contribution >= 0.6 is 0 Å². The summed E-state index contributed by atoms with van der Waals surface area (Å²) in [4.78, 5) is 11.1. The molecule has 0 amide bonds. The number of nitrogens with one attached hydrogen (secondary N) is 1. The van der Waals surface area contributed by atoms with E-state index in [0.29, 0.717) is 17.6 Å². The van der Waals surface area contributed by atoms with Gasteiger partial charge in [0, 0.05) is 31.9 Å². The van der Waals surface area contributed by atoms with Crippen molar-refractivity contribution in [3.05, 3.63) is 54.5 Å². The van der Waals surface area contributed by atoms with Gasteiger partial charge in [0.25, 0.3) is 5.89 Å². The SMILES string of the molecule is CN1CCNCC1c1noc(-c2ccc(Oc3ccccc3)nc2)n1. The average Bonchev–Trinajstić information content (AvgIpc) is 3.13. The van der Waals surface area contributed by atoms with Crippen molar-refractivity contribution in [1.82, 2.24) is 25.3 Å². The lowest BCUT2D eigenvalue weighted by Crippen LogP contribution is -2.44. The minimum absolute atomic E-state index is 0.125. The number of aromatic nitrogens is 3. The van der Waals surface area contributed by atoms with Gasteiger partial charge in [0.05, 0.1) is 11.6 Å². The molecule has 25 heavy (non-hydrogen) atoms. The van der Waals surface area contributed by atoms with Gasteiger partial charge in [-0.2, -0.15) is 4.98 Å². The topological polar surface area (TPSA) is 76.3 Å². The number of piperazine rings is 1. The summed E-state index contributed by atoms with van der Waals surface area (Å²) >= 11 is 0. The molecule has 0 saturated carbocycles. The van der Waals surface area contributed by atoms with Crippen LogP contribution in [-0.4, -0.2) is 46.7 Å². The van der Waals surface area contributed by atoms with Crippen molar-refractivity contribution in [2.45, 2.75) is 6.04 Å². The number of hydrogen-bond acceptors (Lipinski definition) is 7. The molecule has 1 atom stereocenters. The number of pyridine rings is 1. The van der Waals surface area contributed by atoms with Crippen LogP contribution in [0.1, 0.15) is 11.9 Å². The maximum atomic E-state index is 5.69. The molecule has 1 aromatic carbocycles. The fourth-order valence-corrected chi connectivity index (χ4v) is 2.76. The predicted molar refractivity (Wildman–Crippen MR) is 92.3 cm³/mol. The van der Waals surface area contributed by atoms with Crippen LogP contribution in [0.25, 0.3) is 11.5 Å². The maximum absolute atomic E-state index is 5.69. The van der Waals surface area contributed by atoms with Crippen LogP contribution in [0, 0.1) is 0 Å². The first kappa shape index (κ1) is 15.7. The first-order valence-corrected chi connectivity index (χ1v) is 8.23. The summed E-state index contributed by atoms with van der Waals surface area (Å²) in [6.45, 7) is 2.75. The Kier molecular flexibility index (Phi) is 4.41. The van der Waals surface area contributed by atoms with Gasteiger partial charge < -0.3 is 14.6 Å². The number of nitrogens with zero attached hydrogens (tertiary/aromatic N) is 4. The van der Waals surface area contributed by atoms with E-state index in [1.54, 1.807) is 12.3 Å². The van der Waals surface area contributed by atoms with E-state index < -0.39 is 0 Å². The number of ether oxygens (including phenoxy) is 1. The Labute approximate surface area is 145 Å². The number of para-hydroxylation sites is 1. The van der Waals surface area contributed by atoms with Gasteiger partial charge in [-0.05, 0) is 25.2 Å². The lowest BCUT2D eigenvalue weighted by molar-refractivity contribution is 0.190. The van der Waals surface area contributed by atoms with E-state index in [9.17, 15) is 0 Å². The van der Waals surface area contributed by atoms with Crippen LogP contribution in [0.2, 0.25) is 0 Å². The highest BCUT2D eigenvalue weighted by molar-refractivity contribution is 5.51. The Morgan fingerprint density at radius 2 is 2.08 bits per heavy atom. The van der Waals surface area contributed by atoms with Crippen LogP contribution in [0.4, 0.5) is 0 Å². The molecule has 2 aromatic heterocycles. The Morgan fingerprint density at radius 1 is 1.20 bits per heavy atom. The van der Waals surface area contributed by atoms with E-state index >= 15 is 0 Å². The van der Waals surface area contributed by atoms with Gasteiger partial charge in [-0.1, -0.05) is 23.4 Å². The second-order valence-electron chi connectivity index (χ2n) is 5.96. The lowest BCUT2D eigenvalue weighted by atomic mass is 10.2. The summed E-state index contributed by atoms with van der Waals surface area (Å²) in [6, 6.07) is 13.3. The molecule has 4 rings (SSSR count). The third kappa shape index (κ3) is 3.52. The maximum Gasteiger partial charge on any atom is 0.259 e. The van der Waals surface area contributed by atoms with Crippen LogP contribution in [0.3, 0.4) is 0 Å². The quantitative estimate of drug-likeness (QED) is 0.784. The zero-order chi connectivity index (χ0) is 17.1. The smallest absolute Gasteiger partial charge is 0.259 e. The van der Waals surface area contributed by atoms with E-state index in [4.69, 9.17) is 9.26 Å². The zero-order valence-corrected chi connectivity index (χ0v) is 13.9. The lowest BCUT2D eigenvalue weighted by Gasteiger charge is -2.30. The zero-order valence-electron chi connectivity index (χ0n) is 13.9. The first-order chi connectivity index (χ1) is 12.3. The summed E-state index contributed by atoms with van der Waals surface area (Å²) in [6.07, 6.45) is 1.68. The Hall–Kier alpha value is -2.77. The third-order valence-corrected chi connectivity index (χ3v) is 4.20. The highest BCUT2D eigenvalue weighted by Gasteiger charge is 2.25. The standard InChI is InChI=1S/C18H19N5O2/c1-23-10-9-19-12-15(23)17-21-18(25-22-17)13-7-8-16(20-11-13)24-14-5-3-2-4-6-14/h2-8,11,15,19H,9-10,12H2,1H3. The molecule has 1 N–H and O–H groups in total. The molecule has 0 spiro atoms. The summed E-state index contributed by atoms with van der Waals surface area (Å²) in [5.41, 5.74) is 0.769. The molecular weight excluding hydrogens is 318 g/mol. The molecule has 1 unspecified atom stereocenters. The molecule has 7 heteroatoms. The third-order valence-electron chi connectivity index (χ3n) is 4.20. The van der Waals surface area contributed by atoms with Gasteiger partial charge in [-0.25, -0.2) is 4.98 Å². The van der Waals surface area contributed by atoms with Crippen molar-refractivity contribution in [2.24, 2.45) is 0 Å². The summed E-state index contributed by atoms with van der Waals surface area (Å²) in [7, 11) is 2.07. The minimum atomic E-state index is 0.125. The molecule has 1 aliphatic heterocycles. The van der Waals surface area contributed by atoms with Gasteiger partial charge >= 0.3 is 0 Å². The molecule has 0 radical (unpaired) electrons. The van der Waals surface area contributed by atoms with Crippen molar-refractivity contribution in [2.75, 3.05) is 26.7 Å². The van der Waals surface area contributed by atoms with Crippen molar-refractivity contribution in [3.63, 3.8) is 0 Å². The Bertz CT molecular complexity index is 819. The van der Waals surface area contributed by atoms with Gasteiger partial charge in [0.2, 0.25) is 5.88 Å². The largest absolute Gasteiger partial charge is 0.439 e. The fraction of sp³-hybridized carbons (Fsp3) is 0.278. The molecule has 0 aliphatic carbocycles. The molecule has 1 saturated heterocycles. The highest BCUT2D eigenvalue weighted by Crippen LogP contribution is 2.24. The predicted octanol–water partition coefficient (Wildman–Crippen LogP) is 2.50. The second kappa shape index (κ2) is 7.00. The molecule has 1 fully saturated rings. The molecule has 0 bridgehead atoms. The summed E-state index contributed by atoms with van der Waals surface area (Å²) in [5, 5.41) is 7.48. The van der Waals surface area contributed by atoms with E-state index in [1.807, 2.05) is 36.4 Å². The Morgan fingerprint density at radius 3 is 2.84 bits per heavy atom. The minimum Gasteiger partial charge on any atom is -0.439 e. The summed E-state index contributed by atoms with van der Waals surface area (Å²) in [5.74, 6) is 2.42. The summed E-state index contributed by atoms with van der Waals surface area (Å²) < 4.78 is 11.1. The first-order valence-electron chi connectivity index (χ1n) is 8.23. The number of likely N-dealkylation sites (N-methyl/N-ethyl adjacent to an activating group) is 1. The van der Waals surface area contributed by atoms with Gasteiger partial charge in [-0.3, -0.25) is 4.90 Å². The molecular formula is C18H19N5O2. The normalized spacial score (nSPS) is 18.2. The van der Waals surface area contributed by atoms with Crippen LogP contribution in [0.5, 0.6) is 11.6 Å². The average molecular weight is 337 g/mol.